The molecule has 0 aromatic heterocycles. The van der Waals surface area contributed by atoms with Crippen LogP contribution in [-0.4, -0.2) is 31.1 Å². The van der Waals surface area contributed by atoms with Crippen LogP contribution in [0.25, 0.3) is 0 Å². The second-order valence-corrected chi connectivity index (χ2v) is 1.91. The number of carbonyl (C=O) groups is 1. The Kier molecular flexibility index (Phi) is 3.67. The normalized spacial score (nSPS) is 11.2. The zero-order valence-corrected chi connectivity index (χ0v) is 6.09. The molecule has 0 aromatic rings. The first-order valence-electron chi connectivity index (χ1n) is 2.90. The highest BCUT2D eigenvalue weighted by atomic mass is 16.1. The molecule has 0 unspecified atom stereocenters. The smallest absolute Gasteiger partial charge is 0.166 e. The van der Waals surface area contributed by atoms with Crippen molar-refractivity contribution < 1.29 is 4.79 Å². The molecule has 0 N–H and O–H groups in total. The zero-order valence-electron chi connectivity index (χ0n) is 6.09. The van der Waals surface area contributed by atoms with Crippen LogP contribution in [0.5, 0.6) is 0 Å². The van der Waals surface area contributed by atoms with E-state index in [0.29, 0.717) is 12.1 Å². The largest absolute Gasteiger partial charge is 0.303 e. The highest BCUT2D eigenvalue weighted by molar-refractivity contribution is 6.27. The van der Waals surface area contributed by atoms with Gasteiger partial charge in [-0.2, -0.15) is 5.10 Å². The Morgan fingerprint density at radius 1 is 1.67 bits per heavy atom. The van der Waals surface area contributed by atoms with Gasteiger partial charge in [0, 0.05) is 14.1 Å². The van der Waals surface area contributed by atoms with E-state index in [1.165, 1.54) is 0 Å². The summed E-state index contributed by atoms with van der Waals surface area (Å²) in [5.74, 6) is 0. The molecule has 0 spiro atoms. The van der Waals surface area contributed by atoms with E-state index in [0.717, 1.165) is 6.29 Å². The molecule has 0 fully saturated rings. The minimum Gasteiger partial charge on any atom is -0.303 e. The van der Waals surface area contributed by atoms with Crippen molar-refractivity contribution in [2.24, 2.45) is 5.10 Å². The fraction of sp³-hybridized carbons (Fsp3) is 0.667. The fourth-order valence-electron chi connectivity index (χ4n) is 0.435. The van der Waals surface area contributed by atoms with Gasteiger partial charge < -0.3 is 5.01 Å². The quantitative estimate of drug-likeness (QED) is 0.315. The van der Waals surface area contributed by atoms with Crippen LogP contribution in [-0.2, 0) is 4.79 Å². The lowest BCUT2D eigenvalue weighted by atomic mass is 10.3. The maximum Gasteiger partial charge on any atom is 0.166 e. The third-order valence-electron chi connectivity index (χ3n) is 0.827. The molecule has 0 aliphatic carbocycles. The molecule has 52 valence electrons. The van der Waals surface area contributed by atoms with Gasteiger partial charge in [0.25, 0.3) is 0 Å². The monoisotopic (exact) mass is 128 g/mol. The first-order valence-corrected chi connectivity index (χ1v) is 2.90. The third kappa shape index (κ3) is 3.70. The van der Waals surface area contributed by atoms with E-state index in [9.17, 15) is 4.79 Å². The van der Waals surface area contributed by atoms with E-state index in [1.807, 2.05) is 6.92 Å². The van der Waals surface area contributed by atoms with E-state index in [1.54, 1.807) is 19.1 Å². The van der Waals surface area contributed by atoms with E-state index >= 15 is 0 Å². The van der Waals surface area contributed by atoms with Crippen molar-refractivity contribution in [3.05, 3.63) is 0 Å². The average molecular weight is 128 g/mol. The van der Waals surface area contributed by atoms with Crippen molar-refractivity contribution in [3.63, 3.8) is 0 Å². The van der Waals surface area contributed by atoms with Gasteiger partial charge in [0.05, 0.1) is 5.71 Å². The van der Waals surface area contributed by atoms with Crippen molar-refractivity contribution in [3.8, 4) is 0 Å². The molecule has 0 saturated carbocycles. The van der Waals surface area contributed by atoms with Gasteiger partial charge in [-0.05, 0) is 6.42 Å². The summed E-state index contributed by atoms with van der Waals surface area (Å²) in [6.45, 7) is 1.90. The zero-order chi connectivity index (χ0) is 7.28. The number of nitrogens with zero attached hydrogens (tertiary/aromatic N) is 2. The van der Waals surface area contributed by atoms with Crippen LogP contribution in [0.15, 0.2) is 5.10 Å². The van der Waals surface area contributed by atoms with E-state index in [2.05, 4.69) is 5.10 Å². The Labute approximate surface area is 55.4 Å². The summed E-state index contributed by atoms with van der Waals surface area (Å²) >= 11 is 0. The van der Waals surface area contributed by atoms with Gasteiger partial charge in [0.2, 0.25) is 0 Å². The highest BCUT2D eigenvalue weighted by Crippen LogP contribution is 1.83. The Morgan fingerprint density at radius 3 is 2.33 bits per heavy atom. The highest BCUT2D eigenvalue weighted by Gasteiger charge is 1.90. The van der Waals surface area contributed by atoms with Gasteiger partial charge in [-0.15, -0.1) is 0 Å². The van der Waals surface area contributed by atoms with Gasteiger partial charge >= 0.3 is 0 Å². The second-order valence-electron chi connectivity index (χ2n) is 1.91. The number of hydrazone groups is 1. The summed E-state index contributed by atoms with van der Waals surface area (Å²) < 4.78 is 0. The lowest BCUT2D eigenvalue weighted by molar-refractivity contribution is -0.102. The molecule has 9 heavy (non-hydrogen) atoms. The van der Waals surface area contributed by atoms with Crippen LogP contribution >= 0.6 is 0 Å². The molecule has 0 saturated heterocycles. The molecule has 0 aliphatic rings. The summed E-state index contributed by atoms with van der Waals surface area (Å²) in [6.07, 6.45) is 1.47. The molecular weight excluding hydrogens is 116 g/mol. The molecule has 0 rings (SSSR count). The van der Waals surface area contributed by atoms with Crippen LogP contribution < -0.4 is 0 Å². The number of hydrogen-bond acceptors (Lipinski definition) is 3. The van der Waals surface area contributed by atoms with Crippen LogP contribution in [0.4, 0.5) is 0 Å². The molecule has 3 heteroatoms. The molecule has 0 amide bonds. The minimum absolute atomic E-state index is 0.583. The Hall–Kier alpha value is -0.860. The summed E-state index contributed by atoms with van der Waals surface area (Å²) in [6, 6.07) is 0. The van der Waals surface area contributed by atoms with E-state index in [4.69, 9.17) is 0 Å². The Bertz CT molecular complexity index is 118. The lowest BCUT2D eigenvalue weighted by Crippen LogP contribution is -2.08. The molecule has 3 nitrogen and oxygen atoms in total. The van der Waals surface area contributed by atoms with E-state index in [-0.39, 0.29) is 0 Å². The van der Waals surface area contributed by atoms with Gasteiger partial charge in [-0.25, -0.2) is 0 Å². The number of aldehydes is 1. The van der Waals surface area contributed by atoms with Crippen molar-refractivity contribution in [1.29, 1.82) is 0 Å². The molecule has 0 atom stereocenters. The second kappa shape index (κ2) is 4.06. The number of carbonyl (C=O) groups excluding carboxylic acids is 1. The number of hydrogen-bond donors (Lipinski definition) is 0. The van der Waals surface area contributed by atoms with Crippen LogP contribution in [0.2, 0.25) is 0 Å². The van der Waals surface area contributed by atoms with Crippen LogP contribution in [0.1, 0.15) is 13.3 Å². The standard InChI is InChI=1S/C6H12N2O/c1-4-6(5-9)7-8(2)3/h5H,4H2,1-3H3. The SMILES string of the molecule is CCC(C=O)=NN(C)C. The summed E-state index contributed by atoms with van der Waals surface area (Å²) in [5.41, 5.74) is 0.583. The van der Waals surface area contributed by atoms with Crippen molar-refractivity contribution >= 4 is 12.0 Å². The molecule has 0 aliphatic heterocycles. The topological polar surface area (TPSA) is 32.7 Å². The first kappa shape index (κ1) is 8.14. The van der Waals surface area contributed by atoms with Gasteiger partial charge in [0.1, 0.15) is 0 Å². The van der Waals surface area contributed by atoms with E-state index < -0.39 is 0 Å². The van der Waals surface area contributed by atoms with Gasteiger partial charge in [0.15, 0.2) is 6.29 Å². The Balaban J connectivity index is 3.90. The maximum atomic E-state index is 10.1. The average Bonchev–Trinajstić information content (AvgIpc) is 1.82. The molecule has 0 heterocycles. The summed E-state index contributed by atoms with van der Waals surface area (Å²) in [5, 5.41) is 5.51. The minimum atomic E-state index is 0.583. The maximum absolute atomic E-state index is 10.1. The predicted octanol–water partition coefficient (Wildman–Crippen LogP) is 0.513. The fourth-order valence-corrected chi connectivity index (χ4v) is 0.435. The molecule has 0 aromatic carbocycles. The van der Waals surface area contributed by atoms with Crippen molar-refractivity contribution in [1.82, 2.24) is 5.01 Å². The molecule has 0 radical (unpaired) electrons. The summed E-state index contributed by atoms with van der Waals surface area (Å²) in [4.78, 5) is 10.1. The number of rotatable bonds is 3. The third-order valence-corrected chi connectivity index (χ3v) is 0.827. The lowest BCUT2D eigenvalue weighted by Gasteiger charge is -2.03. The van der Waals surface area contributed by atoms with Crippen molar-refractivity contribution in [2.75, 3.05) is 14.1 Å². The van der Waals surface area contributed by atoms with Gasteiger partial charge in [-0.3, -0.25) is 4.79 Å². The Morgan fingerprint density at radius 2 is 2.22 bits per heavy atom. The van der Waals surface area contributed by atoms with Crippen LogP contribution in [0, 0.1) is 0 Å². The predicted molar refractivity (Wildman–Crippen MR) is 37.5 cm³/mol. The molecular formula is C6H12N2O. The first-order chi connectivity index (χ1) is 4.20. The van der Waals surface area contributed by atoms with Crippen LogP contribution in [0.3, 0.4) is 0 Å². The van der Waals surface area contributed by atoms with Crippen molar-refractivity contribution in [2.45, 2.75) is 13.3 Å². The van der Waals surface area contributed by atoms with Gasteiger partial charge in [-0.1, -0.05) is 6.92 Å². The molecule has 0 bridgehead atoms. The summed E-state index contributed by atoms with van der Waals surface area (Å²) in [7, 11) is 3.58.